The molecular formula is C8H17NO3. The molecule has 1 unspecified atom stereocenters. The maximum atomic E-state index is 9.83. The van der Waals surface area contributed by atoms with Gasteiger partial charge in [-0.1, -0.05) is 0 Å². The lowest BCUT2D eigenvalue weighted by Crippen LogP contribution is -2.50. The molecule has 4 heteroatoms. The maximum Gasteiger partial charge on any atom is 0.180 e. The van der Waals surface area contributed by atoms with Crippen molar-refractivity contribution in [1.82, 2.24) is 4.90 Å². The van der Waals surface area contributed by atoms with E-state index in [2.05, 4.69) is 4.90 Å². The summed E-state index contributed by atoms with van der Waals surface area (Å²) in [6.07, 6.45) is 0.536. The molecule has 12 heavy (non-hydrogen) atoms. The van der Waals surface area contributed by atoms with Crippen LogP contribution in [0.2, 0.25) is 0 Å². The van der Waals surface area contributed by atoms with E-state index in [0.717, 1.165) is 6.54 Å². The first-order chi connectivity index (χ1) is 5.66. The second-order valence-electron chi connectivity index (χ2n) is 3.28. The van der Waals surface area contributed by atoms with Crippen LogP contribution in [0.1, 0.15) is 6.42 Å². The van der Waals surface area contributed by atoms with Crippen LogP contribution in [0.5, 0.6) is 0 Å². The van der Waals surface area contributed by atoms with Crippen molar-refractivity contribution in [3.8, 4) is 0 Å². The van der Waals surface area contributed by atoms with Gasteiger partial charge in [-0.3, -0.25) is 4.90 Å². The quantitative estimate of drug-likeness (QED) is 0.638. The molecule has 0 bridgehead atoms. The second kappa shape index (κ2) is 4.18. The Kier molecular flexibility index (Phi) is 3.46. The Hall–Kier alpha value is -0.160. The van der Waals surface area contributed by atoms with E-state index in [-0.39, 0.29) is 0 Å². The predicted molar refractivity (Wildman–Crippen MR) is 44.9 cm³/mol. The summed E-state index contributed by atoms with van der Waals surface area (Å²) in [6.45, 7) is 2.58. The van der Waals surface area contributed by atoms with E-state index in [1.54, 1.807) is 7.11 Å². The van der Waals surface area contributed by atoms with Crippen molar-refractivity contribution in [2.24, 2.45) is 0 Å². The number of hydrogen-bond acceptors (Lipinski definition) is 4. The number of nitrogens with zero attached hydrogens (tertiary/aromatic N) is 1. The zero-order valence-corrected chi connectivity index (χ0v) is 7.75. The monoisotopic (exact) mass is 175 g/mol. The van der Waals surface area contributed by atoms with E-state index in [1.165, 1.54) is 0 Å². The highest BCUT2D eigenvalue weighted by Gasteiger charge is 2.32. The van der Waals surface area contributed by atoms with Crippen LogP contribution in [-0.4, -0.2) is 56.3 Å². The number of β-amino-alcohol motifs (C(OH)–C–C–N with tert-alkyl or cyclic N) is 1. The largest absolute Gasteiger partial charge is 0.384 e. The van der Waals surface area contributed by atoms with Crippen molar-refractivity contribution in [1.29, 1.82) is 0 Å². The predicted octanol–water partition coefficient (Wildman–Crippen LogP) is -0.326. The molecule has 4 nitrogen and oxygen atoms in total. The lowest BCUT2D eigenvalue weighted by Gasteiger charge is -2.37. The Bertz CT molecular complexity index is 142. The van der Waals surface area contributed by atoms with Gasteiger partial charge in [-0.25, -0.2) is 0 Å². The summed E-state index contributed by atoms with van der Waals surface area (Å²) in [5.41, 5.74) is 0. The van der Waals surface area contributed by atoms with E-state index in [0.29, 0.717) is 26.2 Å². The molecule has 1 fully saturated rings. The van der Waals surface area contributed by atoms with Gasteiger partial charge in [0.1, 0.15) is 0 Å². The van der Waals surface area contributed by atoms with Crippen LogP contribution in [0.3, 0.4) is 0 Å². The lowest BCUT2D eigenvalue weighted by molar-refractivity contribution is -0.243. The van der Waals surface area contributed by atoms with Crippen molar-refractivity contribution in [2.75, 3.05) is 40.5 Å². The highest BCUT2D eigenvalue weighted by atomic mass is 16.6. The average molecular weight is 175 g/mol. The fraction of sp³-hybridized carbons (Fsp3) is 1.00. The van der Waals surface area contributed by atoms with Crippen LogP contribution < -0.4 is 0 Å². The summed E-state index contributed by atoms with van der Waals surface area (Å²) in [7, 11) is 3.59. The topological polar surface area (TPSA) is 41.9 Å². The SMILES string of the molecule is COCCC1(O)CN(C)CCO1. The Morgan fingerprint density at radius 2 is 2.42 bits per heavy atom. The van der Waals surface area contributed by atoms with Crippen LogP contribution in [0.4, 0.5) is 0 Å². The molecule has 0 radical (unpaired) electrons. The standard InChI is InChI=1S/C8H17NO3/c1-9-4-6-12-8(10,7-9)3-5-11-2/h10H,3-7H2,1-2H3. The van der Waals surface area contributed by atoms with Crippen molar-refractivity contribution >= 4 is 0 Å². The summed E-state index contributed by atoms with van der Waals surface area (Å²) >= 11 is 0. The summed E-state index contributed by atoms with van der Waals surface area (Å²) in [5, 5.41) is 9.83. The first-order valence-electron chi connectivity index (χ1n) is 4.20. The molecule has 1 N–H and O–H groups in total. The van der Waals surface area contributed by atoms with Gasteiger partial charge in [0.15, 0.2) is 5.79 Å². The van der Waals surface area contributed by atoms with E-state index < -0.39 is 5.79 Å². The van der Waals surface area contributed by atoms with Gasteiger partial charge in [-0.15, -0.1) is 0 Å². The van der Waals surface area contributed by atoms with Gasteiger partial charge < -0.3 is 14.6 Å². The van der Waals surface area contributed by atoms with Crippen molar-refractivity contribution in [2.45, 2.75) is 12.2 Å². The Morgan fingerprint density at radius 3 is 3.00 bits per heavy atom. The Morgan fingerprint density at radius 1 is 1.67 bits per heavy atom. The molecule has 1 atom stereocenters. The molecular weight excluding hydrogens is 158 g/mol. The Labute approximate surface area is 73.1 Å². The first kappa shape index (κ1) is 9.92. The number of rotatable bonds is 3. The minimum Gasteiger partial charge on any atom is -0.384 e. The molecule has 0 saturated carbocycles. The molecule has 0 spiro atoms. The van der Waals surface area contributed by atoms with Crippen LogP contribution in [-0.2, 0) is 9.47 Å². The molecule has 1 saturated heterocycles. The normalized spacial score (nSPS) is 32.2. The Balaban J connectivity index is 2.35. The molecule has 0 aliphatic carbocycles. The van der Waals surface area contributed by atoms with E-state index >= 15 is 0 Å². The van der Waals surface area contributed by atoms with E-state index in [1.807, 2.05) is 7.05 Å². The average Bonchev–Trinajstić information content (AvgIpc) is 2.01. The third-order valence-electron chi connectivity index (χ3n) is 2.06. The summed E-state index contributed by atoms with van der Waals surface area (Å²) in [6, 6.07) is 0. The molecule has 0 aromatic carbocycles. The number of hydrogen-bond donors (Lipinski definition) is 1. The van der Waals surface area contributed by atoms with Crippen LogP contribution in [0, 0.1) is 0 Å². The summed E-state index contributed by atoms with van der Waals surface area (Å²) in [4.78, 5) is 2.05. The molecule has 0 aromatic rings. The number of ether oxygens (including phenoxy) is 2. The second-order valence-corrected chi connectivity index (χ2v) is 3.28. The number of aliphatic hydroxyl groups is 1. The van der Waals surface area contributed by atoms with Crippen molar-refractivity contribution in [3.05, 3.63) is 0 Å². The zero-order valence-electron chi connectivity index (χ0n) is 7.75. The third-order valence-corrected chi connectivity index (χ3v) is 2.06. The molecule has 72 valence electrons. The van der Waals surface area contributed by atoms with Crippen LogP contribution in [0.15, 0.2) is 0 Å². The molecule has 0 aromatic heterocycles. The third kappa shape index (κ3) is 2.71. The van der Waals surface area contributed by atoms with Gasteiger partial charge in [0.25, 0.3) is 0 Å². The van der Waals surface area contributed by atoms with Gasteiger partial charge in [0, 0.05) is 20.1 Å². The summed E-state index contributed by atoms with van der Waals surface area (Å²) in [5.74, 6) is -0.997. The van der Waals surface area contributed by atoms with Crippen LogP contribution in [0.25, 0.3) is 0 Å². The molecule has 1 heterocycles. The van der Waals surface area contributed by atoms with E-state index in [4.69, 9.17) is 9.47 Å². The van der Waals surface area contributed by atoms with Gasteiger partial charge in [0.05, 0.1) is 19.8 Å². The van der Waals surface area contributed by atoms with Crippen molar-refractivity contribution < 1.29 is 14.6 Å². The number of likely N-dealkylation sites (N-methyl/N-ethyl adjacent to an activating group) is 1. The highest BCUT2D eigenvalue weighted by molar-refractivity contribution is 4.75. The minimum absolute atomic E-state index is 0.532. The van der Waals surface area contributed by atoms with Crippen LogP contribution >= 0.6 is 0 Å². The first-order valence-corrected chi connectivity index (χ1v) is 4.20. The molecule has 1 aliphatic heterocycles. The minimum atomic E-state index is -0.997. The molecule has 1 aliphatic rings. The van der Waals surface area contributed by atoms with Gasteiger partial charge >= 0.3 is 0 Å². The molecule has 1 rings (SSSR count). The maximum absolute atomic E-state index is 9.83. The molecule has 0 amide bonds. The number of methoxy groups -OCH3 is 1. The van der Waals surface area contributed by atoms with Gasteiger partial charge in [0.2, 0.25) is 0 Å². The van der Waals surface area contributed by atoms with E-state index in [9.17, 15) is 5.11 Å². The lowest BCUT2D eigenvalue weighted by atomic mass is 10.1. The number of morpholine rings is 1. The highest BCUT2D eigenvalue weighted by Crippen LogP contribution is 2.17. The fourth-order valence-electron chi connectivity index (χ4n) is 1.35. The van der Waals surface area contributed by atoms with Gasteiger partial charge in [-0.05, 0) is 7.05 Å². The zero-order chi connectivity index (χ0) is 9.03. The van der Waals surface area contributed by atoms with Gasteiger partial charge in [-0.2, -0.15) is 0 Å². The summed E-state index contributed by atoms with van der Waals surface area (Å²) < 4.78 is 10.2. The van der Waals surface area contributed by atoms with Crippen molar-refractivity contribution in [3.63, 3.8) is 0 Å². The fourth-order valence-corrected chi connectivity index (χ4v) is 1.35. The smallest absolute Gasteiger partial charge is 0.180 e.